The van der Waals surface area contributed by atoms with Gasteiger partial charge in [-0.1, -0.05) is 36.4 Å². The van der Waals surface area contributed by atoms with E-state index < -0.39 is 0 Å². The Morgan fingerprint density at radius 1 is 1.04 bits per heavy atom. The van der Waals surface area contributed by atoms with Crippen LogP contribution in [0.3, 0.4) is 0 Å². The number of para-hydroxylation sites is 1. The fourth-order valence-electron chi connectivity index (χ4n) is 3.72. The van der Waals surface area contributed by atoms with Gasteiger partial charge in [-0.15, -0.1) is 0 Å². The number of anilines is 1. The number of rotatable bonds is 6. The number of amides is 2. The summed E-state index contributed by atoms with van der Waals surface area (Å²) in [6.45, 7) is 6.75. The highest BCUT2D eigenvalue weighted by Gasteiger charge is 2.24. The zero-order chi connectivity index (χ0) is 19.9. The summed E-state index contributed by atoms with van der Waals surface area (Å²) in [6.07, 6.45) is 1.73. The molecular weight excluding hydrogens is 350 g/mol. The summed E-state index contributed by atoms with van der Waals surface area (Å²) >= 11 is 0. The monoisotopic (exact) mass is 379 g/mol. The SMILES string of the molecule is CCN(C(=O)CN1CCC(NC(=O)c2ccccc2)CC1)c1ccccc1C. The molecule has 1 aliphatic rings. The van der Waals surface area contributed by atoms with Crippen LogP contribution in [0.4, 0.5) is 5.69 Å². The standard InChI is InChI=1S/C23H29N3O2/c1-3-26(21-12-8-7-9-18(21)2)22(27)17-25-15-13-20(14-16-25)24-23(28)19-10-5-4-6-11-19/h4-12,20H,3,13-17H2,1-2H3,(H,24,28). The van der Waals surface area contributed by atoms with Crippen LogP contribution in [-0.4, -0.2) is 48.9 Å². The van der Waals surface area contributed by atoms with Crippen molar-refractivity contribution in [2.45, 2.75) is 32.7 Å². The second-order valence-corrected chi connectivity index (χ2v) is 7.31. The van der Waals surface area contributed by atoms with Gasteiger partial charge in [0, 0.05) is 36.9 Å². The molecule has 2 amide bonds. The molecule has 2 aromatic carbocycles. The number of nitrogens with zero attached hydrogens (tertiary/aromatic N) is 2. The molecule has 1 saturated heterocycles. The van der Waals surface area contributed by atoms with Gasteiger partial charge in [0.15, 0.2) is 0 Å². The molecule has 3 rings (SSSR count). The van der Waals surface area contributed by atoms with E-state index in [1.165, 1.54) is 0 Å². The molecule has 0 bridgehead atoms. The van der Waals surface area contributed by atoms with Crippen LogP contribution in [0.25, 0.3) is 0 Å². The number of hydrogen-bond acceptors (Lipinski definition) is 3. The maximum absolute atomic E-state index is 12.9. The van der Waals surface area contributed by atoms with E-state index in [1.54, 1.807) is 0 Å². The molecule has 2 aromatic rings. The number of hydrogen-bond donors (Lipinski definition) is 1. The molecule has 0 spiro atoms. The number of aryl methyl sites for hydroxylation is 1. The highest BCUT2D eigenvalue weighted by molar-refractivity contribution is 5.95. The van der Waals surface area contributed by atoms with Gasteiger partial charge in [-0.2, -0.15) is 0 Å². The molecule has 5 nitrogen and oxygen atoms in total. The van der Waals surface area contributed by atoms with E-state index in [0.717, 1.165) is 37.2 Å². The summed E-state index contributed by atoms with van der Waals surface area (Å²) in [6, 6.07) is 17.5. The number of nitrogens with one attached hydrogen (secondary N) is 1. The first kappa shape index (κ1) is 20.1. The molecule has 0 saturated carbocycles. The average Bonchev–Trinajstić information content (AvgIpc) is 2.72. The van der Waals surface area contributed by atoms with Crippen LogP contribution < -0.4 is 10.2 Å². The van der Waals surface area contributed by atoms with Crippen molar-refractivity contribution in [2.75, 3.05) is 31.1 Å². The smallest absolute Gasteiger partial charge is 0.251 e. The lowest BCUT2D eigenvalue weighted by Crippen LogP contribution is -2.48. The summed E-state index contributed by atoms with van der Waals surface area (Å²) < 4.78 is 0. The minimum Gasteiger partial charge on any atom is -0.349 e. The maximum atomic E-state index is 12.9. The average molecular weight is 380 g/mol. The summed E-state index contributed by atoms with van der Waals surface area (Å²) in [5.74, 6) is 0.107. The van der Waals surface area contributed by atoms with E-state index in [9.17, 15) is 9.59 Å². The number of carbonyl (C=O) groups is 2. The van der Waals surface area contributed by atoms with Gasteiger partial charge >= 0.3 is 0 Å². The second kappa shape index (κ2) is 9.51. The molecule has 1 aliphatic heterocycles. The van der Waals surface area contributed by atoms with Gasteiger partial charge in [0.1, 0.15) is 0 Å². The fraction of sp³-hybridized carbons (Fsp3) is 0.391. The van der Waals surface area contributed by atoms with Crippen molar-refractivity contribution in [2.24, 2.45) is 0 Å². The van der Waals surface area contributed by atoms with E-state index in [2.05, 4.69) is 10.2 Å². The summed E-state index contributed by atoms with van der Waals surface area (Å²) in [7, 11) is 0. The minimum absolute atomic E-state index is 0.0214. The first-order valence-corrected chi connectivity index (χ1v) is 10.0. The van der Waals surface area contributed by atoms with E-state index >= 15 is 0 Å². The van der Waals surface area contributed by atoms with Crippen LogP contribution in [0.2, 0.25) is 0 Å². The van der Waals surface area contributed by atoms with E-state index in [4.69, 9.17) is 0 Å². The molecule has 0 aromatic heterocycles. The largest absolute Gasteiger partial charge is 0.349 e. The van der Waals surface area contributed by atoms with Gasteiger partial charge in [0.2, 0.25) is 5.91 Å². The Morgan fingerprint density at radius 2 is 1.68 bits per heavy atom. The molecule has 0 atom stereocenters. The Kier molecular flexibility index (Phi) is 6.82. The van der Waals surface area contributed by atoms with Gasteiger partial charge in [-0.25, -0.2) is 0 Å². The fourth-order valence-corrected chi connectivity index (χ4v) is 3.72. The van der Waals surface area contributed by atoms with Crippen LogP contribution in [0.15, 0.2) is 54.6 Å². The molecule has 0 unspecified atom stereocenters. The van der Waals surface area contributed by atoms with Gasteiger partial charge < -0.3 is 10.2 Å². The van der Waals surface area contributed by atoms with Crippen LogP contribution in [0, 0.1) is 6.92 Å². The Labute approximate surface area is 167 Å². The topological polar surface area (TPSA) is 52.7 Å². The van der Waals surface area contributed by atoms with Gasteiger partial charge in [-0.05, 0) is 50.5 Å². The lowest BCUT2D eigenvalue weighted by molar-refractivity contribution is -0.120. The third-order valence-corrected chi connectivity index (χ3v) is 5.34. The van der Waals surface area contributed by atoms with Crippen molar-refractivity contribution in [1.82, 2.24) is 10.2 Å². The third kappa shape index (κ3) is 4.98. The maximum Gasteiger partial charge on any atom is 0.251 e. The molecule has 148 valence electrons. The third-order valence-electron chi connectivity index (χ3n) is 5.34. The number of carbonyl (C=O) groups excluding carboxylic acids is 2. The second-order valence-electron chi connectivity index (χ2n) is 7.31. The highest BCUT2D eigenvalue weighted by atomic mass is 16.2. The van der Waals surface area contributed by atoms with Crippen LogP contribution in [0.5, 0.6) is 0 Å². The molecule has 0 aliphatic carbocycles. The van der Waals surface area contributed by atoms with E-state index in [-0.39, 0.29) is 17.9 Å². The normalized spacial score (nSPS) is 15.2. The van der Waals surface area contributed by atoms with Crippen molar-refractivity contribution in [1.29, 1.82) is 0 Å². The van der Waals surface area contributed by atoms with Crippen molar-refractivity contribution in [3.05, 3.63) is 65.7 Å². The molecule has 0 radical (unpaired) electrons. The quantitative estimate of drug-likeness (QED) is 0.838. The Balaban J connectivity index is 1.50. The van der Waals surface area contributed by atoms with Crippen molar-refractivity contribution < 1.29 is 9.59 Å². The van der Waals surface area contributed by atoms with E-state index in [0.29, 0.717) is 18.7 Å². The summed E-state index contributed by atoms with van der Waals surface area (Å²) in [5, 5.41) is 3.12. The molecule has 5 heteroatoms. The Bertz CT molecular complexity index is 799. The van der Waals surface area contributed by atoms with E-state index in [1.807, 2.05) is 73.3 Å². The summed E-state index contributed by atoms with van der Waals surface area (Å²) in [4.78, 5) is 29.2. The van der Waals surface area contributed by atoms with Crippen LogP contribution in [-0.2, 0) is 4.79 Å². The molecule has 28 heavy (non-hydrogen) atoms. The number of piperidine rings is 1. The predicted octanol–water partition coefficient (Wildman–Crippen LogP) is 3.24. The summed E-state index contributed by atoms with van der Waals surface area (Å²) in [5.41, 5.74) is 2.79. The number of likely N-dealkylation sites (N-methyl/N-ethyl adjacent to an activating group) is 1. The van der Waals surface area contributed by atoms with Crippen LogP contribution in [0.1, 0.15) is 35.7 Å². The number of likely N-dealkylation sites (tertiary alicyclic amines) is 1. The van der Waals surface area contributed by atoms with Crippen LogP contribution >= 0.6 is 0 Å². The van der Waals surface area contributed by atoms with Crippen molar-refractivity contribution in [3.63, 3.8) is 0 Å². The molecule has 1 N–H and O–H groups in total. The van der Waals surface area contributed by atoms with Crippen molar-refractivity contribution >= 4 is 17.5 Å². The lowest BCUT2D eigenvalue weighted by atomic mass is 10.0. The van der Waals surface area contributed by atoms with Gasteiger partial charge in [0.05, 0.1) is 6.54 Å². The molecule has 1 heterocycles. The van der Waals surface area contributed by atoms with Gasteiger partial charge in [-0.3, -0.25) is 14.5 Å². The molecule has 1 fully saturated rings. The molecular formula is C23H29N3O2. The minimum atomic E-state index is -0.0214. The number of benzene rings is 2. The first-order valence-electron chi connectivity index (χ1n) is 10.0. The zero-order valence-electron chi connectivity index (χ0n) is 16.7. The van der Waals surface area contributed by atoms with Crippen molar-refractivity contribution in [3.8, 4) is 0 Å². The predicted molar refractivity (Wildman–Crippen MR) is 113 cm³/mol. The lowest BCUT2D eigenvalue weighted by Gasteiger charge is -2.33. The Hall–Kier alpha value is -2.66. The Morgan fingerprint density at radius 3 is 2.32 bits per heavy atom. The first-order chi connectivity index (χ1) is 13.6. The highest BCUT2D eigenvalue weighted by Crippen LogP contribution is 2.20. The zero-order valence-corrected chi connectivity index (χ0v) is 16.7. The van der Waals surface area contributed by atoms with Gasteiger partial charge in [0.25, 0.3) is 5.91 Å².